The summed E-state index contributed by atoms with van der Waals surface area (Å²) in [6, 6.07) is 6.67. The van der Waals surface area contributed by atoms with Gasteiger partial charge in [-0.15, -0.1) is 0 Å². The molecule has 16 heavy (non-hydrogen) atoms. The van der Waals surface area contributed by atoms with Gasteiger partial charge in [0.2, 0.25) is 11.1 Å². The van der Waals surface area contributed by atoms with Crippen LogP contribution < -0.4 is 11.1 Å². The first-order valence-corrected chi connectivity index (χ1v) is 4.97. The second-order valence-electron chi connectivity index (χ2n) is 3.87. The molecule has 0 aliphatic rings. The highest BCUT2D eigenvalue weighted by atomic mass is 16.1. The SMILES string of the molecule is Cc1cc(-c2cc(C)cc(=O)[nH]2)[nH]c(=O)c1. The first-order chi connectivity index (χ1) is 7.54. The van der Waals surface area contributed by atoms with Crippen LogP contribution in [0.5, 0.6) is 0 Å². The Bertz CT molecular complexity index is 580. The summed E-state index contributed by atoms with van der Waals surface area (Å²) < 4.78 is 0. The molecule has 2 aromatic heterocycles. The van der Waals surface area contributed by atoms with E-state index >= 15 is 0 Å². The molecule has 0 saturated carbocycles. The molecule has 82 valence electrons. The van der Waals surface area contributed by atoms with E-state index in [9.17, 15) is 9.59 Å². The molecule has 2 rings (SSSR count). The van der Waals surface area contributed by atoms with Crippen LogP contribution in [0.3, 0.4) is 0 Å². The van der Waals surface area contributed by atoms with Gasteiger partial charge < -0.3 is 9.97 Å². The average Bonchev–Trinajstić information content (AvgIpc) is 2.14. The highest BCUT2D eigenvalue weighted by molar-refractivity contribution is 5.55. The second kappa shape index (κ2) is 3.81. The Labute approximate surface area is 92.0 Å². The molecule has 0 amide bonds. The lowest BCUT2D eigenvalue weighted by molar-refractivity contribution is 1.15. The topological polar surface area (TPSA) is 65.7 Å². The third kappa shape index (κ3) is 2.11. The molecule has 2 heterocycles. The number of nitrogens with one attached hydrogen (secondary N) is 2. The third-order valence-electron chi connectivity index (χ3n) is 2.27. The van der Waals surface area contributed by atoms with Crippen molar-refractivity contribution in [3.05, 3.63) is 56.1 Å². The van der Waals surface area contributed by atoms with E-state index < -0.39 is 0 Å². The Morgan fingerprint density at radius 3 is 1.44 bits per heavy atom. The number of pyridine rings is 2. The second-order valence-corrected chi connectivity index (χ2v) is 3.87. The van der Waals surface area contributed by atoms with E-state index in [2.05, 4.69) is 9.97 Å². The Kier molecular flexibility index (Phi) is 2.48. The van der Waals surface area contributed by atoms with E-state index in [-0.39, 0.29) is 11.1 Å². The van der Waals surface area contributed by atoms with Crippen LogP contribution in [-0.4, -0.2) is 9.97 Å². The van der Waals surface area contributed by atoms with Gasteiger partial charge in [-0.05, 0) is 37.1 Å². The van der Waals surface area contributed by atoms with Crippen molar-refractivity contribution in [1.82, 2.24) is 9.97 Å². The van der Waals surface area contributed by atoms with E-state index in [4.69, 9.17) is 0 Å². The van der Waals surface area contributed by atoms with Crippen molar-refractivity contribution in [2.75, 3.05) is 0 Å². The lowest BCUT2D eigenvalue weighted by atomic mass is 10.1. The molecule has 4 heteroatoms. The lowest BCUT2D eigenvalue weighted by Gasteiger charge is -2.03. The molecule has 0 spiro atoms. The minimum atomic E-state index is -0.169. The van der Waals surface area contributed by atoms with Gasteiger partial charge in [-0.2, -0.15) is 0 Å². The van der Waals surface area contributed by atoms with E-state index in [1.54, 1.807) is 0 Å². The summed E-state index contributed by atoms with van der Waals surface area (Å²) in [7, 11) is 0. The van der Waals surface area contributed by atoms with Crippen molar-refractivity contribution in [3.8, 4) is 11.4 Å². The maximum absolute atomic E-state index is 11.3. The molecule has 0 atom stereocenters. The predicted molar refractivity (Wildman–Crippen MR) is 62.6 cm³/mol. The zero-order valence-corrected chi connectivity index (χ0v) is 9.13. The molecule has 0 fully saturated rings. The monoisotopic (exact) mass is 216 g/mol. The number of hydrogen-bond donors (Lipinski definition) is 2. The Balaban J connectivity index is 2.67. The Morgan fingerprint density at radius 1 is 0.750 bits per heavy atom. The first kappa shape index (κ1) is 10.4. The van der Waals surface area contributed by atoms with Gasteiger partial charge in [0.05, 0.1) is 11.4 Å². The van der Waals surface area contributed by atoms with Crippen LogP contribution in [0, 0.1) is 13.8 Å². The standard InChI is InChI=1S/C12H12N2O2/c1-7-3-9(13-11(15)5-7)10-4-8(2)6-12(16)14-10/h3-6H,1-2H3,(H,13,15)(H,14,16). The van der Waals surface area contributed by atoms with Crippen molar-refractivity contribution >= 4 is 0 Å². The summed E-state index contributed by atoms with van der Waals surface area (Å²) in [4.78, 5) is 28.0. The van der Waals surface area contributed by atoms with E-state index in [1.807, 2.05) is 26.0 Å². The summed E-state index contributed by atoms with van der Waals surface area (Å²) >= 11 is 0. The number of aromatic nitrogens is 2. The Hall–Kier alpha value is -2.10. The molecular weight excluding hydrogens is 204 g/mol. The average molecular weight is 216 g/mol. The van der Waals surface area contributed by atoms with Crippen molar-refractivity contribution in [3.63, 3.8) is 0 Å². The molecular formula is C12H12N2O2. The zero-order chi connectivity index (χ0) is 11.7. The van der Waals surface area contributed by atoms with E-state index in [1.165, 1.54) is 12.1 Å². The van der Waals surface area contributed by atoms with Crippen molar-refractivity contribution in [2.24, 2.45) is 0 Å². The highest BCUT2D eigenvalue weighted by Crippen LogP contribution is 2.13. The van der Waals surface area contributed by atoms with Crippen LogP contribution in [0.4, 0.5) is 0 Å². The Morgan fingerprint density at radius 2 is 1.12 bits per heavy atom. The number of rotatable bonds is 1. The summed E-state index contributed by atoms with van der Waals surface area (Å²) in [5.74, 6) is 0. The fourth-order valence-electron chi connectivity index (χ4n) is 1.65. The number of H-pyrrole nitrogens is 2. The van der Waals surface area contributed by atoms with Crippen LogP contribution in [0.15, 0.2) is 33.9 Å². The minimum Gasteiger partial charge on any atom is -0.321 e. The van der Waals surface area contributed by atoms with Gasteiger partial charge in [-0.1, -0.05) is 0 Å². The van der Waals surface area contributed by atoms with Gasteiger partial charge in [0.25, 0.3) is 0 Å². The number of aromatic amines is 2. The minimum absolute atomic E-state index is 0.169. The molecule has 2 aromatic rings. The molecule has 2 N–H and O–H groups in total. The summed E-state index contributed by atoms with van der Waals surface area (Å²) in [5.41, 5.74) is 2.65. The molecule has 0 aromatic carbocycles. The summed E-state index contributed by atoms with van der Waals surface area (Å²) in [6.45, 7) is 3.68. The predicted octanol–water partition coefficient (Wildman–Crippen LogP) is 1.35. The quantitative estimate of drug-likeness (QED) is 0.755. The lowest BCUT2D eigenvalue weighted by Crippen LogP contribution is -2.10. The molecule has 0 bridgehead atoms. The van der Waals surface area contributed by atoms with Crippen LogP contribution in [0.2, 0.25) is 0 Å². The fourth-order valence-corrected chi connectivity index (χ4v) is 1.65. The number of hydrogen-bond acceptors (Lipinski definition) is 2. The van der Waals surface area contributed by atoms with Gasteiger partial charge in [0.15, 0.2) is 0 Å². The maximum atomic E-state index is 11.3. The molecule has 0 unspecified atom stereocenters. The van der Waals surface area contributed by atoms with E-state index in [0.717, 1.165) is 11.1 Å². The van der Waals surface area contributed by atoms with Gasteiger partial charge >= 0.3 is 0 Å². The van der Waals surface area contributed by atoms with Gasteiger partial charge in [-0.25, -0.2) is 0 Å². The van der Waals surface area contributed by atoms with Gasteiger partial charge in [0.1, 0.15) is 0 Å². The molecule has 0 aliphatic carbocycles. The third-order valence-corrected chi connectivity index (χ3v) is 2.27. The van der Waals surface area contributed by atoms with Crippen LogP contribution in [-0.2, 0) is 0 Å². The zero-order valence-electron chi connectivity index (χ0n) is 9.13. The van der Waals surface area contributed by atoms with Gasteiger partial charge in [-0.3, -0.25) is 9.59 Å². The number of aryl methyl sites for hydroxylation is 2. The van der Waals surface area contributed by atoms with Crippen LogP contribution >= 0.6 is 0 Å². The molecule has 0 radical (unpaired) electrons. The molecule has 4 nitrogen and oxygen atoms in total. The van der Waals surface area contributed by atoms with E-state index in [0.29, 0.717) is 11.4 Å². The normalized spacial score (nSPS) is 10.4. The van der Waals surface area contributed by atoms with Crippen LogP contribution in [0.25, 0.3) is 11.4 Å². The molecule has 0 saturated heterocycles. The smallest absolute Gasteiger partial charge is 0.248 e. The first-order valence-electron chi connectivity index (χ1n) is 4.97. The van der Waals surface area contributed by atoms with Crippen molar-refractivity contribution < 1.29 is 0 Å². The van der Waals surface area contributed by atoms with Crippen molar-refractivity contribution in [1.29, 1.82) is 0 Å². The summed E-state index contributed by atoms with van der Waals surface area (Å²) in [5, 5.41) is 0. The highest BCUT2D eigenvalue weighted by Gasteiger charge is 2.02. The largest absolute Gasteiger partial charge is 0.321 e. The molecule has 0 aliphatic heterocycles. The summed E-state index contributed by atoms with van der Waals surface area (Å²) in [6.07, 6.45) is 0. The van der Waals surface area contributed by atoms with Crippen LogP contribution in [0.1, 0.15) is 11.1 Å². The fraction of sp³-hybridized carbons (Fsp3) is 0.167. The van der Waals surface area contributed by atoms with Gasteiger partial charge in [0, 0.05) is 12.1 Å². The maximum Gasteiger partial charge on any atom is 0.248 e. The van der Waals surface area contributed by atoms with Crippen molar-refractivity contribution in [2.45, 2.75) is 13.8 Å².